The molecule has 4 nitrogen and oxygen atoms in total. The Morgan fingerprint density at radius 2 is 1.90 bits per heavy atom. The number of halogens is 1. The quantitative estimate of drug-likeness (QED) is 0.791. The molecular formula is C15H13FN2O2S. The molecule has 1 aromatic heterocycles. The number of H-pyrrole nitrogens is 1. The van der Waals surface area contributed by atoms with Gasteiger partial charge in [-0.15, -0.1) is 0 Å². The first-order valence-corrected chi connectivity index (χ1v) is 8.20. The standard InChI is InChI=1S/C15H13FN2O2S/c1-9-3-4-10(7-12(9)16)15-17-13-6-5-11(21(2,19)20)8-14(13)18-15/h3-8H,1-2H3,(H,17,18). The second kappa shape index (κ2) is 4.66. The largest absolute Gasteiger partial charge is 0.338 e. The maximum atomic E-state index is 13.6. The van der Waals surface area contributed by atoms with Gasteiger partial charge in [-0.2, -0.15) is 0 Å². The fraction of sp³-hybridized carbons (Fsp3) is 0.133. The Bertz CT molecular complexity index is 945. The molecule has 21 heavy (non-hydrogen) atoms. The summed E-state index contributed by atoms with van der Waals surface area (Å²) < 4.78 is 36.7. The van der Waals surface area contributed by atoms with Crippen LogP contribution < -0.4 is 0 Å². The molecule has 0 bridgehead atoms. The fourth-order valence-electron chi connectivity index (χ4n) is 2.10. The topological polar surface area (TPSA) is 62.8 Å². The number of rotatable bonds is 2. The SMILES string of the molecule is Cc1ccc(-c2nc3ccc(S(C)(=O)=O)cc3[nH]2)cc1F. The number of aromatic nitrogens is 2. The molecule has 0 atom stereocenters. The van der Waals surface area contributed by atoms with Crippen LogP contribution in [-0.4, -0.2) is 24.6 Å². The number of aromatic amines is 1. The van der Waals surface area contributed by atoms with Gasteiger partial charge in [0.05, 0.1) is 15.9 Å². The van der Waals surface area contributed by atoms with Crippen molar-refractivity contribution in [3.05, 3.63) is 47.8 Å². The number of aryl methyl sites for hydroxylation is 1. The number of nitrogens with one attached hydrogen (secondary N) is 1. The van der Waals surface area contributed by atoms with Gasteiger partial charge >= 0.3 is 0 Å². The van der Waals surface area contributed by atoms with E-state index in [-0.39, 0.29) is 10.7 Å². The van der Waals surface area contributed by atoms with Crippen LogP contribution in [0.1, 0.15) is 5.56 Å². The molecule has 108 valence electrons. The summed E-state index contributed by atoms with van der Waals surface area (Å²) in [6, 6.07) is 9.54. The number of fused-ring (bicyclic) bond motifs is 1. The molecule has 0 unspecified atom stereocenters. The van der Waals surface area contributed by atoms with Crippen molar-refractivity contribution >= 4 is 20.9 Å². The lowest BCUT2D eigenvalue weighted by molar-refractivity contribution is 0.602. The molecule has 0 aliphatic carbocycles. The lowest BCUT2D eigenvalue weighted by Gasteiger charge is -1.99. The number of imidazole rings is 1. The van der Waals surface area contributed by atoms with Crippen LogP contribution in [0.5, 0.6) is 0 Å². The third-order valence-electron chi connectivity index (χ3n) is 3.33. The molecule has 0 saturated heterocycles. The van der Waals surface area contributed by atoms with Gasteiger partial charge in [0.1, 0.15) is 11.6 Å². The molecule has 3 rings (SSSR count). The Hall–Kier alpha value is -2.21. The summed E-state index contributed by atoms with van der Waals surface area (Å²) in [6.45, 7) is 1.69. The van der Waals surface area contributed by atoms with E-state index >= 15 is 0 Å². The van der Waals surface area contributed by atoms with Crippen LogP contribution in [-0.2, 0) is 9.84 Å². The van der Waals surface area contributed by atoms with E-state index in [4.69, 9.17) is 0 Å². The van der Waals surface area contributed by atoms with Gasteiger partial charge in [-0.3, -0.25) is 0 Å². The van der Waals surface area contributed by atoms with Gasteiger partial charge in [0.15, 0.2) is 9.84 Å². The monoisotopic (exact) mass is 304 g/mol. The Labute approximate surface area is 121 Å². The first kappa shape index (κ1) is 13.8. The van der Waals surface area contributed by atoms with Gasteiger partial charge in [0, 0.05) is 11.8 Å². The number of nitrogens with zero attached hydrogens (tertiary/aromatic N) is 1. The van der Waals surface area contributed by atoms with Crippen LogP contribution in [0.4, 0.5) is 4.39 Å². The van der Waals surface area contributed by atoms with Crippen molar-refractivity contribution in [2.45, 2.75) is 11.8 Å². The molecule has 0 aliphatic rings. The zero-order chi connectivity index (χ0) is 15.2. The van der Waals surface area contributed by atoms with Gasteiger partial charge in [-0.05, 0) is 36.8 Å². The van der Waals surface area contributed by atoms with E-state index in [1.807, 2.05) is 0 Å². The summed E-state index contributed by atoms with van der Waals surface area (Å²) in [5.74, 6) is 0.208. The lowest BCUT2D eigenvalue weighted by atomic mass is 10.1. The molecule has 1 heterocycles. The highest BCUT2D eigenvalue weighted by molar-refractivity contribution is 7.90. The van der Waals surface area contributed by atoms with E-state index in [1.165, 1.54) is 18.2 Å². The van der Waals surface area contributed by atoms with Crippen molar-refractivity contribution in [2.24, 2.45) is 0 Å². The van der Waals surface area contributed by atoms with Crippen molar-refractivity contribution in [3.63, 3.8) is 0 Å². The highest BCUT2D eigenvalue weighted by atomic mass is 32.2. The van der Waals surface area contributed by atoms with Crippen LogP contribution >= 0.6 is 0 Å². The van der Waals surface area contributed by atoms with Crippen LogP contribution in [0.3, 0.4) is 0 Å². The van der Waals surface area contributed by atoms with E-state index in [2.05, 4.69) is 9.97 Å². The highest BCUT2D eigenvalue weighted by Gasteiger charge is 2.11. The first-order chi connectivity index (χ1) is 9.84. The second-order valence-corrected chi connectivity index (χ2v) is 7.02. The van der Waals surface area contributed by atoms with Crippen molar-refractivity contribution in [2.75, 3.05) is 6.26 Å². The smallest absolute Gasteiger partial charge is 0.175 e. The van der Waals surface area contributed by atoms with Crippen LogP contribution in [0.2, 0.25) is 0 Å². The third-order valence-corrected chi connectivity index (χ3v) is 4.44. The molecule has 2 aromatic carbocycles. The summed E-state index contributed by atoms with van der Waals surface area (Å²) in [7, 11) is -3.27. The summed E-state index contributed by atoms with van der Waals surface area (Å²) in [5.41, 5.74) is 2.43. The maximum Gasteiger partial charge on any atom is 0.175 e. The van der Waals surface area contributed by atoms with Crippen molar-refractivity contribution in [1.29, 1.82) is 0 Å². The molecule has 0 spiro atoms. The zero-order valence-electron chi connectivity index (χ0n) is 11.5. The second-order valence-electron chi connectivity index (χ2n) is 5.00. The maximum absolute atomic E-state index is 13.6. The van der Waals surface area contributed by atoms with Gasteiger partial charge in [0.2, 0.25) is 0 Å². The van der Waals surface area contributed by atoms with E-state index in [1.54, 1.807) is 25.1 Å². The van der Waals surface area contributed by atoms with Gasteiger partial charge < -0.3 is 4.98 Å². The van der Waals surface area contributed by atoms with Gasteiger partial charge in [0.25, 0.3) is 0 Å². The summed E-state index contributed by atoms with van der Waals surface area (Å²) >= 11 is 0. The molecule has 0 radical (unpaired) electrons. The number of benzene rings is 2. The lowest BCUT2D eigenvalue weighted by Crippen LogP contribution is -1.96. The van der Waals surface area contributed by atoms with E-state index in [0.717, 1.165) is 6.26 Å². The zero-order valence-corrected chi connectivity index (χ0v) is 12.3. The summed E-state index contributed by atoms with van der Waals surface area (Å²) in [5, 5.41) is 0. The van der Waals surface area contributed by atoms with Crippen LogP contribution in [0, 0.1) is 12.7 Å². The minimum atomic E-state index is -3.27. The third kappa shape index (κ3) is 2.54. The minimum absolute atomic E-state index is 0.222. The summed E-state index contributed by atoms with van der Waals surface area (Å²) in [4.78, 5) is 7.61. The first-order valence-electron chi connectivity index (χ1n) is 6.31. The molecule has 6 heteroatoms. The molecule has 0 aliphatic heterocycles. The van der Waals surface area contributed by atoms with Crippen molar-refractivity contribution in [3.8, 4) is 11.4 Å². The Morgan fingerprint density at radius 3 is 2.57 bits per heavy atom. The number of hydrogen-bond acceptors (Lipinski definition) is 3. The highest BCUT2D eigenvalue weighted by Crippen LogP contribution is 2.24. The Kier molecular flexibility index (Phi) is 3.06. The molecule has 0 fully saturated rings. The number of sulfone groups is 1. The van der Waals surface area contributed by atoms with Gasteiger partial charge in [-0.1, -0.05) is 12.1 Å². The number of hydrogen-bond donors (Lipinski definition) is 1. The molecule has 0 amide bonds. The molecule has 3 aromatic rings. The van der Waals surface area contributed by atoms with E-state index < -0.39 is 9.84 Å². The average Bonchev–Trinajstić information content (AvgIpc) is 2.83. The predicted octanol–water partition coefficient (Wildman–Crippen LogP) is 3.08. The molecular weight excluding hydrogens is 291 g/mol. The summed E-state index contributed by atoms with van der Waals surface area (Å²) in [6.07, 6.45) is 1.15. The van der Waals surface area contributed by atoms with Crippen LogP contribution in [0.15, 0.2) is 41.3 Å². The molecule has 0 saturated carbocycles. The fourth-order valence-corrected chi connectivity index (χ4v) is 2.74. The van der Waals surface area contributed by atoms with Gasteiger partial charge in [-0.25, -0.2) is 17.8 Å². The van der Waals surface area contributed by atoms with E-state index in [0.29, 0.717) is 28.0 Å². The van der Waals surface area contributed by atoms with E-state index in [9.17, 15) is 12.8 Å². The van der Waals surface area contributed by atoms with Crippen molar-refractivity contribution < 1.29 is 12.8 Å². The average molecular weight is 304 g/mol. The Balaban J connectivity index is 2.14. The predicted molar refractivity (Wildman–Crippen MR) is 79.3 cm³/mol. The normalized spacial score (nSPS) is 12.0. The van der Waals surface area contributed by atoms with Crippen molar-refractivity contribution in [1.82, 2.24) is 9.97 Å². The Morgan fingerprint density at radius 1 is 1.14 bits per heavy atom. The van der Waals surface area contributed by atoms with Crippen LogP contribution in [0.25, 0.3) is 22.4 Å². The molecule has 1 N–H and O–H groups in total. The minimum Gasteiger partial charge on any atom is -0.338 e.